The summed E-state index contributed by atoms with van der Waals surface area (Å²) in [5.74, 6) is 0. The summed E-state index contributed by atoms with van der Waals surface area (Å²) in [5, 5.41) is 6.42. The lowest BCUT2D eigenvalue weighted by atomic mass is 10.2. The Hall–Kier alpha value is -2.17. The monoisotopic (exact) mass is 367 g/mol. The summed E-state index contributed by atoms with van der Waals surface area (Å²) < 4.78 is 2.24. The normalized spacial score (nSPS) is 16.6. The molecule has 3 aromatic rings. The van der Waals surface area contributed by atoms with E-state index in [1.165, 1.54) is 17.0 Å². The van der Waals surface area contributed by atoms with Gasteiger partial charge in [-0.05, 0) is 38.1 Å². The molecule has 1 N–H and O–H groups in total. The summed E-state index contributed by atoms with van der Waals surface area (Å²) in [7, 11) is 0. The number of aromatic nitrogens is 1. The van der Waals surface area contributed by atoms with Crippen LogP contribution < -0.4 is 5.43 Å². The van der Waals surface area contributed by atoms with Crippen molar-refractivity contribution in [2.24, 2.45) is 5.10 Å². The number of hydrazone groups is 1. The molecule has 5 heteroatoms. The molecule has 0 fully saturated rings. The minimum Gasteiger partial charge on any atom is -0.318 e. The Bertz CT molecular complexity index is 947. The second-order valence-electron chi connectivity index (χ2n) is 6.05. The molecular weight excluding hydrogens is 350 g/mol. The van der Waals surface area contributed by atoms with Crippen molar-refractivity contribution in [2.45, 2.75) is 19.2 Å². The molecule has 2 aromatic carbocycles. The van der Waals surface area contributed by atoms with Crippen LogP contribution in [0, 0.1) is 13.8 Å². The van der Waals surface area contributed by atoms with Crippen LogP contribution in [0.25, 0.3) is 5.69 Å². The van der Waals surface area contributed by atoms with Crippen molar-refractivity contribution >= 4 is 28.4 Å². The maximum absolute atomic E-state index is 6.17. The van der Waals surface area contributed by atoms with Crippen molar-refractivity contribution in [2.75, 3.05) is 0 Å². The molecule has 0 aliphatic carbocycles. The number of rotatable bonds is 3. The molecule has 25 heavy (non-hydrogen) atoms. The van der Waals surface area contributed by atoms with Crippen molar-refractivity contribution in [3.8, 4) is 5.69 Å². The summed E-state index contributed by atoms with van der Waals surface area (Å²) in [5.41, 5.74) is 9.14. The van der Waals surface area contributed by atoms with Crippen molar-refractivity contribution < 1.29 is 0 Å². The van der Waals surface area contributed by atoms with Gasteiger partial charge in [0.25, 0.3) is 0 Å². The van der Waals surface area contributed by atoms with Crippen molar-refractivity contribution in [1.82, 2.24) is 9.99 Å². The minimum absolute atomic E-state index is 0.120. The van der Waals surface area contributed by atoms with Crippen LogP contribution in [0.15, 0.2) is 65.8 Å². The second kappa shape index (κ2) is 6.62. The zero-order valence-electron chi connectivity index (χ0n) is 14.0. The molecule has 0 amide bonds. The molecule has 0 unspecified atom stereocenters. The lowest BCUT2D eigenvalue weighted by Crippen LogP contribution is -2.08. The fourth-order valence-corrected chi connectivity index (χ4v) is 4.45. The van der Waals surface area contributed by atoms with Gasteiger partial charge in [-0.1, -0.05) is 59.8 Å². The molecule has 1 aliphatic heterocycles. The summed E-state index contributed by atoms with van der Waals surface area (Å²) in [6, 6.07) is 20.5. The fraction of sp³-hybridized carbons (Fsp3) is 0.150. The molecule has 0 saturated carbocycles. The number of hydrogen-bond acceptors (Lipinski definition) is 3. The van der Waals surface area contributed by atoms with Crippen molar-refractivity contribution in [1.29, 1.82) is 0 Å². The van der Waals surface area contributed by atoms with Gasteiger partial charge < -0.3 is 4.57 Å². The molecule has 4 rings (SSSR count). The fourth-order valence-electron chi connectivity index (χ4n) is 3.19. The van der Waals surface area contributed by atoms with Crippen LogP contribution in [-0.4, -0.2) is 9.61 Å². The molecule has 0 radical (unpaired) electrons. The van der Waals surface area contributed by atoms with Crippen LogP contribution in [0.1, 0.15) is 27.9 Å². The average molecular weight is 368 g/mol. The maximum atomic E-state index is 6.17. The third-order valence-electron chi connectivity index (χ3n) is 4.35. The zero-order chi connectivity index (χ0) is 17.4. The maximum Gasteiger partial charge on any atom is 0.126 e. The first kappa shape index (κ1) is 16.3. The lowest BCUT2D eigenvalue weighted by molar-refractivity contribution is 0.737. The van der Waals surface area contributed by atoms with Gasteiger partial charge in [-0.25, -0.2) is 0 Å². The van der Waals surface area contributed by atoms with Crippen molar-refractivity contribution in [3.05, 3.63) is 88.2 Å². The third-order valence-corrected chi connectivity index (χ3v) is 5.73. The van der Waals surface area contributed by atoms with Gasteiger partial charge in [0.15, 0.2) is 0 Å². The number of nitrogens with one attached hydrogen (secondary N) is 1. The lowest BCUT2D eigenvalue weighted by Gasteiger charge is -2.12. The number of thioether (sulfide) groups is 1. The van der Waals surface area contributed by atoms with E-state index in [1.54, 1.807) is 11.8 Å². The first-order valence-electron chi connectivity index (χ1n) is 8.13. The molecule has 1 aliphatic rings. The Kier molecular flexibility index (Phi) is 4.32. The van der Waals surface area contributed by atoms with Crippen LogP contribution in [0.2, 0.25) is 5.02 Å². The van der Waals surface area contributed by atoms with E-state index >= 15 is 0 Å². The van der Waals surface area contributed by atoms with Crippen LogP contribution >= 0.6 is 23.4 Å². The summed E-state index contributed by atoms with van der Waals surface area (Å²) in [4.78, 5) is 0. The number of nitrogens with zero attached hydrogens (tertiary/aromatic N) is 2. The van der Waals surface area contributed by atoms with Gasteiger partial charge in [0.05, 0.1) is 0 Å². The zero-order valence-corrected chi connectivity index (χ0v) is 15.6. The molecule has 2 heterocycles. The predicted molar refractivity (Wildman–Crippen MR) is 107 cm³/mol. The molecule has 1 aromatic heterocycles. The van der Waals surface area contributed by atoms with E-state index in [0.717, 1.165) is 21.3 Å². The highest BCUT2D eigenvalue weighted by Crippen LogP contribution is 2.37. The summed E-state index contributed by atoms with van der Waals surface area (Å²) >= 11 is 7.92. The number of halogens is 1. The minimum atomic E-state index is 0.120. The van der Waals surface area contributed by atoms with E-state index in [9.17, 15) is 0 Å². The van der Waals surface area contributed by atoms with E-state index in [1.807, 2.05) is 36.4 Å². The van der Waals surface area contributed by atoms with Gasteiger partial charge in [-0.2, -0.15) is 5.10 Å². The SMILES string of the molecule is Cc1cc([C@@H]2NN=C(c3ccccc3)S2)c(C)n1-c1cccc(Cl)c1. The van der Waals surface area contributed by atoms with Crippen LogP contribution in [0.3, 0.4) is 0 Å². The standard InChI is InChI=1S/C20H18ClN3S/c1-13-11-18(14(2)24(13)17-10-6-9-16(21)12-17)20-23-22-19(25-20)15-7-4-3-5-8-15/h3-12,20,23H,1-2H3/t20-/m1/s1. The molecule has 3 nitrogen and oxygen atoms in total. The van der Waals surface area contributed by atoms with Gasteiger partial charge in [-0.3, -0.25) is 5.43 Å². The smallest absolute Gasteiger partial charge is 0.126 e. The van der Waals surface area contributed by atoms with Crippen molar-refractivity contribution in [3.63, 3.8) is 0 Å². The van der Waals surface area contributed by atoms with E-state index in [4.69, 9.17) is 11.6 Å². The predicted octanol–water partition coefficient (Wildman–Crippen LogP) is 5.44. The molecular formula is C20H18ClN3S. The molecule has 1 atom stereocenters. The summed E-state index contributed by atoms with van der Waals surface area (Å²) in [6.07, 6.45) is 0. The highest BCUT2D eigenvalue weighted by Gasteiger charge is 2.26. The Morgan fingerprint density at radius 3 is 2.60 bits per heavy atom. The van der Waals surface area contributed by atoms with Gasteiger partial charge in [0.1, 0.15) is 10.4 Å². The van der Waals surface area contributed by atoms with Gasteiger partial charge in [0.2, 0.25) is 0 Å². The molecule has 126 valence electrons. The van der Waals surface area contributed by atoms with Crippen LogP contribution in [0.5, 0.6) is 0 Å². The largest absolute Gasteiger partial charge is 0.318 e. The average Bonchev–Trinajstić information content (AvgIpc) is 3.20. The number of benzene rings is 2. The van der Waals surface area contributed by atoms with Gasteiger partial charge in [-0.15, -0.1) is 0 Å². The second-order valence-corrected chi connectivity index (χ2v) is 7.58. The van der Waals surface area contributed by atoms with E-state index in [-0.39, 0.29) is 5.37 Å². The molecule has 0 saturated heterocycles. The quantitative estimate of drug-likeness (QED) is 0.667. The number of hydrogen-bond donors (Lipinski definition) is 1. The van der Waals surface area contributed by atoms with E-state index in [0.29, 0.717) is 0 Å². The Morgan fingerprint density at radius 2 is 1.84 bits per heavy atom. The topological polar surface area (TPSA) is 29.3 Å². The number of aryl methyl sites for hydroxylation is 1. The van der Waals surface area contributed by atoms with Crippen LogP contribution in [0.4, 0.5) is 0 Å². The third kappa shape index (κ3) is 3.08. The summed E-state index contributed by atoms with van der Waals surface area (Å²) in [6.45, 7) is 4.27. The van der Waals surface area contributed by atoms with Gasteiger partial charge in [0, 0.05) is 33.2 Å². The highest BCUT2D eigenvalue weighted by atomic mass is 35.5. The Balaban J connectivity index is 1.64. The first-order chi connectivity index (χ1) is 12.1. The van der Waals surface area contributed by atoms with E-state index < -0.39 is 0 Å². The Morgan fingerprint density at radius 1 is 1.04 bits per heavy atom. The van der Waals surface area contributed by atoms with Gasteiger partial charge >= 0.3 is 0 Å². The highest BCUT2D eigenvalue weighted by molar-refractivity contribution is 8.14. The van der Waals surface area contributed by atoms with Crippen LogP contribution in [-0.2, 0) is 0 Å². The molecule has 0 spiro atoms. The molecule has 0 bridgehead atoms. The first-order valence-corrected chi connectivity index (χ1v) is 9.39. The Labute approximate surface area is 156 Å². The van der Waals surface area contributed by atoms with E-state index in [2.05, 4.69) is 53.2 Å².